The number of ether oxygens (including phenoxy) is 1. The molecule has 2 aliphatic rings. The molecule has 4 heterocycles. The van der Waals surface area contributed by atoms with Crippen molar-refractivity contribution in [3.63, 3.8) is 0 Å². The Kier molecular flexibility index (Phi) is 5.62. The normalized spacial score (nSPS) is 22.4. The van der Waals surface area contributed by atoms with Gasteiger partial charge in [-0.2, -0.15) is 5.10 Å². The van der Waals surface area contributed by atoms with Crippen LogP contribution in [0.25, 0.3) is 11.3 Å². The van der Waals surface area contributed by atoms with Crippen molar-refractivity contribution in [1.29, 1.82) is 0 Å². The third-order valence-electron chi connectivity index (χ3n) is 6.42. The minimum absolute atomic E-state index is 0.313. The van der Waals surface area contributed by atoms with Crippen LogP contribution in [0.15, 0.2) is 48.8 Å². The maximum Gasteiger partial charge on any atom is 0.416 e. The van der Waals surface area contributed by atoms with E-state index in [0.717, 1.165) is 43.7 Å². The van der Waals surface area contributed by atoms with Crippen LogP contribution in [0.3, 0.4) is 0 Å². The van der Waals surface area contributed by atoms with Gasteiger partial charge >= 0.3 is 6.09 Å². The van der Waals surface area contributed by atoms with Gasteiger partial charge in [-0.25, -0.2) is 19.2 Å². The molecular weight excluding hydrogens is 423 g/mol. The second kappa shape index (κ2) is 8.73. The highest BCUT2D eigenvalue weighted by Gasteiger charge is 2.48. The van der Waals surface area contributed by atoms with Gasteiger partial charge in [0.15, 0.2) is 5.82 Å². The highest BCUT2D eigenvalue weighted by Crippen LogP contribution is 2.40. The molecule has 3 aromatic rings. The van der Waals surface area contributed by atoms with Crippen LogP contribution < -0.4 is 10.2 Å². The summed E-state index contributed by atoms with van der Waals surface area (Å²) in [5.41, 5.74) is 1.28. The predicted molar refractivity (Wildman–Crippen MR) is 121 cm³/mol. The van der Waals surface area contributed by atoms with Gasteiger partial charge in [0.2, 0.25) is 0 Å². The Balaban J connectivity index is 1.15. The zero-order chi connectivity index (χ0) is 22.8. The molecule has 9 heteroatoms. The molecule has 0 aromatic carbocycles. The Hall–Kier alpha value is -3.62. The summed E-state index contributed by atoms with van der Waals surface area (Å²) in [5.74, 6) is 1.37. The van der Waals surface area contributed by atoms with Crippen molar-refractivity contribution in [2.24, 2.45) is 5.92 Å². The summed E-state index contributed by atoms with van der Waals surface area (Å²) in [4.78, 5) is 22.7. The largest absolute Gasteiger partial charge is 0.441 e. The van der Waals surface area contributed by atoms with E-state index < -0.39 is 5.60 Å². The fourth-order valence-corrected chi connectivity index (χ4v) is 4.53. The van der Waals surface area contributed by atoms with Crippen LogP contribution in [-0.4, -0.2) is 44.9 Å². The maximum absolute atomic E-state index is 14.1. The van der Waals surface area contributed by atoms with Crippen molar-refractivity contribution in [2.45, 2.75) is 38.2 Å². The highest BCUT2D eigenvalue weighted by atomic mass is 19.1. The van der Waals surface area contributed by atoms with Crippen LogP contribution in [0.5, 0.6) is 0 Å². The van der Waals surface area contributed by atoms with Crippen LogP contribution in [0.1, 0.15) is 31.4 Å². The number of hydrogen-bond acceptors (Lipinski definition) is 7. The number of pyridine rings is 2. The van der Waals surface area contributed by atoms with E-state index in [9.17, 15) is 9.18 Å². The fraction of sp³-hybridized carbons (Fsp3) is 0.375. The Morgan fingerprint density at radius 1 is 1.21 bits per heavy atom. The summed E-state index contributed by atoms with van der Waals surface area (Å²) < 4.78 is 19.9. The molecule has 1 amide bonds. The second-order valence-corrected chi connectivity index (χ2v) is 8.76. The number of aryl methyl sites for hydroxylation is 1. The van der Waals surface area contributed by atoms with E-state index in [2.05, 4.69) is 25.5 Å². The third-order valence-corrected chi connectivity index (χ3v) is 6.42. The first-order chi connectivity index (χ1) is 16.0. The van der Waals surface area contributed by atoms with Crippen LogP contribution >= 0.6 is 0 Å². The molecule has 170 valence electrons. The minimum atomic E-state index is -0.449. The average Bonchev–Trinajstić information content (AvgIpc) is 3.17. The molecule has 1 N–H and O–H groups in total. The number of nitrogens with zero attached hydrogens (tertiary/aromatic N) is 5. The topological polar surface area (TPSA) is 93.1 Å². The quantitative estimate of drug-likeness (QED) is 0.619. The van der Waals surface area contributed by atoms with Crippen molar-refractivity contribution in [3.8, 4) is 11.3 Å². The van der Waals surface area contributed by atoms with E-state index >= 15 is 0 Å². The molecule has 1 saturated carbocycles. The van der Waals surface area contributed by atoms with Gasteiger partial charge in [-0.1, -0.05) is 0 Å². The minimum Gasteiger partial charge on any atom is -0.441 e. The zero-order valence-electron chi connectivity index (χ0n) is 18.4. The summed E-state index contributed by atoms with van der Waals surface area (Å²) in [6.07, 6.45) is 6.40. The number of hydrogen-bond donors (Lipinski definition) is 1. The summed E-state index contributed by atoms with van der Waals surface area (Å²) in [7, 11) is 0. The number of carbonyl (C=O) groups excluding carboxylic acids is 1. The van der Waals surface area contributed by atoms with Gasteiger partial charge < -0.3 is 10.1 Å². The van der Waals surface area contributed by atoms with Crippen LogP contribution in [0.4, 0.5) is 20.8 Å². The zero-order valence-corrected chi connectivity index (χ0v) is 18.4. The summed E-state index contributed by atoms with van der Waals surface area (Å²) in [5, 5.41) is 11.3. The standard InChI is InChI=1S/C24H25FN6O2/c1-16-4-6-19(25)22(29-16)18-5-7-20(27-14-18)26-13-17-8-10-24(11-9-17)15-31(23(32)33-24)21-3-2-12-28-30-21/h2-7,12,14,17H,8-11,13,15H2,1H3,(H,26,27)/t17-,24-. The second-order valence-electron chi connectivity index (χ2n) is 8.76. The number of nitrogens with one attached hydrogen (secondary N) is 1. The molecule has 33 heavy (non-hydrogen) atoms. The Bertz CT molecular complexity index is 1130. The van der Waals surface area contributed by atoms with Gasteiger partial charge in [-0.05, 0) is 74.9 Å². The fourth-order valence-electron chi connectivity index (χ4n) is 4.53. The summed E-state index contributed by atoms with van der Waals surface area (Å²) in [6, 6.07) is 10.3. The monoisotopic (exact) mass is 448 g/mol. The Morgan fingerprint density at radius 3 is 2.79 bits per heavy atom. The molecule has 1 aliphatic heterocycles. The van der Waals surface area contributed by atoms with Crippen molar-refractivity contribution in [1.82, 2.24) is 20.2 Å². The Morgan fingerprint density at radius 2 is 2.06 bits per heavy atom. The number of anilines is 2. The van der Waals surface area contributed by atoms with Gasteiger partial charge in [0.1, 0.15) is 22.9 Å². The lowest BCUT2D eigenvalue weighted by atomic mass is 9.78. The number of rotatable bonds is 5. The van der Waals surface area contributed by atoms with Crippen LogP contribution in [-0.2, 0) is 4.74 Å². The van der Waals surface area contributed by atoms with E-state index in [1.165, 1.54) is 6.07 Å². The van der Waals surface area contributed by atoms with Crippen LogP contribution in [0.2, 0.25) is 0 Å². The predicted octanol–water partition coefficient (Wildman–Crippen LogP) is 4.38. The molecule has 1 spiro atoms. The molecule has 3 aromatic heterocycles. The summed E-state index contributed by atoms with van der Waals surface area (Å²) in [6.45, 7) is 3.12. The molecule has 8 nitrogen and oxygen atoms in total. The SMILES string of the molecule is Cc1ccc(F)c(-c2ccc(NC[C@H]3CC[C@]4(CC3)CN(c3cccnn3)C(=O)O4)nc2)n1. The molecule has 1 saturated heterocycles. The number of amides is 1. The molecular formula is C24H25FN6O2. The molecule has 0 unspecified atom stereocenters. The first kappa shape index (κ1) is 21.2. The Labute approximate surface area is 191 Å². The highest BCUT2D eigenvalue weighted by molar-refractivity contribution is 5.89. The number of halogens is 1. The number of aromatic nitrogens is 4. The molecule has 0 atom stereocenters. The van der Waals surface area contributed by atoms with Gasteiger partial charge in [0.25, 0.3) is 0 Å². The van der Waals surface area contributed by atoms with Gasteiger partial charge in [-0.15, -0.1) is 5.10 Å². The molecule has 1 aliphatic carbocycles. The molecule has 5 rings (SSSR count). The lowest BCUT2D eigenvalue weighted by molar-refractivity contribution is 0.0148. The van der Waals surface area contributed by atoms with E-state index in [-0.39, 0.29) is 11.9 Å². The smallest absolute Gasteiger partial charge is 0.416 e. The van der Waals surface area contributed by atoms with Crippen LogP contribution in [0, 0.1) is 18.7 Å². The maximum atomic E-state index is 14.1. The lowest BCUT2D eigenvalue weighted by Crippen LogP contribution is -2.39. The third kappa shape index (κ3) is 4.48. The van der Waals surface area contributed by atoms with Crippen molar-refractivity contribution >= 4 is 17.7 Å². The molecule has 2 fully saturated rings. The van der Waals surface area contributed by atoms with E-state index in [4.69, 9.17) is 4.74 Å². The number of carbonyl (C=O) groups is 1. The van der Waals surface area contributed by atoms with Gasteiger partial charge in [0, 0.05) is 30.2 Å². The van der Waals surface area contributed by atoms with Crippen molar-refractivity contribution < 1.29 is 13.9 Å². The molecule has 0 bridgehead atoms. The first-order valence-corrected chi connectivity index (χ1v) is 11.1. The van der Waals surface area contributed by atoms with E-state index in [1.54, 1.807) is 35.5 Å². The van der Waals surface area contributed by atoms with Gasteiger partial charge in [-0.3, -0.25) is 4.90 Å². The van der Waals surface area contributed by atoms with Gasteiger partial charge in [0.05, 0.1) is 6.54 Å². The molecule has 0 radical (unpaired) electrons. The average molecular weight is 449 g/mol. The lowest BCUT2D eigenvalue weighted by Gasteiger charge is -2.35. The van der Waals surface area contributed by atoms with Crippen molar-refractivity contribution in [2.75, 3.05) is 23.3 Å². The first-order valence-electron chi connectivity index (χ1n) is 11.1. The summed E-state index contributed by atoms with van der Waals surface area (Å²) >= 11 is 0. The van der Waals surface area contributed by atoms with E-state index in [0.29, 0.717) is 29.5 Å². The van der Waals surface area contributed by atoms with Crippen molar-refractivity contribution in [3.05, 3.63) is 60.3 Å². The van der Waals surface area contributed by atoms with E-state index in [1.807, 2.05) is 19.1 Å².